The van der Waals surface area contributed by atoms with Crippen LogP contribution in [0.1, 0.15) is 19.3 Å². The zero-order valence-corrected chi connectivity index (χ0v) is 11.8. The van der Waals surface area contributed by atoms with E-state index in [1.807, 2.05) is 6.07 Å². The molecule has 0 amide bonds. The van der Waals surface area contributed by atoms with Crippen LogP contribution in [0.4, 0.5) is 0 Å². The van der Waals surface area contributed by atoms with Crippen LogP contribution in [0.25, 0.3) is 0 Å². The van der Waals surface area contributed by atoms with Gasteiger partial charge in [0.05, 0.1) is 23.4 Å². The van der Waals surface area contributed by atoms with Gasteiger partial charge in [0.1, 0.15) is 0 Å². The fraction of sp³-hybridized carbons (Fsp3) is 0.500. The Hall–Kier alpha value is -0.390. The second-order valence-corrected chi connectivity index (χ2v) is 7.22. The lowest BCUT2D eigenvalue weighted by Crippen LogP contribution is -2.24. The van der Waals surface area contributed by atoms with Gasteiger partial charge in [0.15, 0.2) is 9.84 Å². The molecule has 1 fully saturated rings. The van der Waals surface area contributed by atoms with E-state index in [4.69, 9.17) is 4.74 Å². The molecule has 94 valence electrons. The van der Waals surface area contributed by atoms with Crippen molar-refractivity contribution in [3.05, 3.63) is 28.7 Å². The Kier molecular flexibility index (Phi) is 4.22. The average Bonchev–Trinajstić information content (AvgIpc) is 2.22. The minimum Gasteiger partial charge on any atom is -0.377 e. The van der Waals surface area contributed by atoms with Crippen LogP contribution in [0.2, 0.25) is 0 Å². The van der Waals surface area contributed by atoms with Crippen LogP contribution in [-0.2, 0) is 14.6 Å². The van der Waals surface area contributed by atoms with Gasteiger partial charge in [-0.2, -0.15) is 0 Å². The average molecular weight is 319 g/mol. The van der Waals surface area contributed by atoms with Gasteiger partial charge < -0.3 is 4.74 Å². The lowest BCUT2D eigenvalue weighted by atomic mass is 9.96. The molecule has 1 aliphatic rings. The number of benzene rings is 1. The van der Waals surface area contributed by atoms with Crippen molar-refractivity contribution in [2.24, 2.45) is 0 Å². The number of hydrogen-bond acceptors (Lipinski definition) is 3. The summed E-state index contributed by atoms with van der Waals surface area (Å²) in [5.41, 5.74) is 0. The molecule has 1 aromatic carbocycles. The van der Waals surface area contributed by atoms with Crippen molar-refractivity contribution in [3.63, 3.8) is 0 Å². The highest BCUT2D eigenvalue weighted by atomic mass is 79.9. The van der Waals surface area contributed by atoms with Gasteiger partial charge >= 0.3 is 0 Å². The van der Waals surface area contributed by atoms with Gasteiger partial charge in [0.2, 0.25) is 0 Å². The van der Waals surface area contributed by atoms with E-state index in [0.29, 0.717) is 11.5 Å². The Balaban J connectivity index is 1.93. The summed E-state index contributed by atoms with van der Waals surface area (Å²) >= 11 is 3.27. The maximum Gasteiger partial charge on any atom is 0.180 e. The smallest absolute Gasteiger partial charge is 0.180 e. The van der Waals surface area contributed by atoms with Crippen molar-refractivity contribution < 1.29 is 13.2 Å². The number of rotatable bonds is 5. The van der Waals surface area contributed by atoms with Crippen LogP contribution >= 0.6 is 15.9 Å². The molecule has 0 spiro atoms. The zero-order chi connectivity index (χ0) is 12.3. The van der Waals surface area contributed by atoms with Crippen LogP contribution < -0.4 is 0 Å². The van der Waals surface area contributed by atoms with Crippen molar-refractivity contribution in [3.8, 4) is 0 Å². The number of sulfone groups is 1. The van der Waals surface area contributed by atoms with Gasteiger partial charge in [0, 0.05) is 4.47 Å². The van der Waals surface area contributed by atoms with Crippen LogP contribution in [0, 0.1) is 0 Å². The SMILES string of the molecule is O=S(=O)(CCOC1CCC1)c1cccc(Br)c1. The molecule has 17 heavy (non-hydrogen) atoms. The molecule has 1 aromatic rings. The van der Waals surface area contributed by atoms with Crippen LogP contribution in [0.5, 0.6) is 0 Å². The van der Waals surface area contributed by atoms with Gasteiger partial charge in [-0.1, -0.05) is 22.0 Å². The third kappa shape index (κ3) is 3.53. The first-order valence-corrected chi connectivity index (χ1v) is 8.12. The Bertz CT molecular complexity index is 480. The predicted octanol–water partition coefficient (Wildman–Crippen LogP) is 2.79. The summed E-state index contributed by atoms with van der Waals surface area (Å²) in [6, 6.07) is 6.77. The van der Waals surface area contributed by atoms with Crippen LogP contribution in [0.3, 0.4) is 0 Å². The topological polar surface area (TPSA) is 43.4 Å². The van der Waals surface area contributed by atoms with Gasteiger partial charge in [-0.15, -0.1) is 0 Å². The summed E-state index contributed by atoms with van der Waals surface area (Å²) in [6.07, 6.45) is 3.62. The molecular formula is C12H15BrO3S. The Morgan fingerprint density at radius 3 is 2.71 bits per heavy atom. The molecule has 0 unspecified atom stereocenters. The normalized spacial score (nSPS) is 16.8. The standard InChI is InChI=1S/C12H15BrO3S/c13-10-3-1-6-12(9-10)17(14,15)8-7-16-11-4-2-5-11/h1,3,6,9,11H,2,4-5,7-8H2. The number of halogens is 1. The molecule has 2 rings (SSSR count). The minimum atomic E-state index is -3.22. The molecule has 0 N–H and O–H groups in total. The summed E-state index contributed by atoms with van der Waals surface area (Å²) in [7, 11) is -3.22. The summed E-state index contributed by atoms with van der Waals surface area (Å²) in [5.74, 6) is 0.0555. The van der Waals surface area contributed by atoms with Crippen molar-refractivity contribution in [1.29, 1.82) is 0 Å². The van der Waals surface area contributed by atoms with E-state index in [0.717, 1.165) is 17.3 Å². The van der Waals surface area contributed by atoms with Crippen molar-refractivity contribution in [1.82, 2.24) is 0 Å². The molecule has 0 heterocycles. The molecule has 3 nitrogen and oxygen atoms in total. The molecule has 1 saturated carbocycles. The van der Waals surface area contributed by atoms with Gasteiger partial charge in [-0.3, -0.25) is 0 Å². The van der Waals surface area contributed by atoms with Crippen molar-refractivity contribution >= 4 is 25.8 Å². The van der Waals surface area contributed by atoms with Gasteiger partial charge in [-0.05, 0) is 37.5 Å². The second-order valence-electron chi connectivity index (χ2n) is 4.20. The summed E-state index contributed by atoms with van der Waals surface area (Å²) in [4.78, 5) is 0.351. The molecule has 1 aliphatic carbocycles. The van der Waals surface area contributed by atoms with Gasteiger partial charge in [0.25, 0.3) is 0 Å². The van der Waals surface area contributed by atoms with Gasteiger partial charge in [-0.25, -0.2) is 8.42 Å². The Morgan fingerprint density at radius 1 is 1.35 bits per heavy atom. The summed E-state index contributed by atoms with van der Waals surface area (Å²) in [6.45, 7) is 0.291. The third-order valence-corrected chi connectivity index (χ3v) is 5.08. The van der Waals surface area contributed by atoms with E-state index in [1.54, 1.807) is 18.2 Å². The highest BCUT2D eigenvalue weighted by Crippen LogP contribution is 2.22. The summed E-state index contributed by atoms with van der Waals surface area (Å²) < 4.78 is 30.2. The zero-order valence-electron chi connectivity index (χ0n) is 9.43. The summed E-state index contributed by atoms with van der Waals surface area (Å²) in [5, 5.41) is 0. The third-order valence-electron chi connectivity index (χ3n) is 2.91. The van der Waals surface area contributed by atoms with Crippen molar-refractivity contribution in [2.75, 3.05) is 12.4 Å². The first-order chi connectivity index (χ1) is 8.08. The molecule has 0 aliphatic heterocycles. The highest BCUT2D eigenvalue weighted by Gasteiger charge is 2.20. The lowest BCUT2D eigenvalue weighted by Gasteiger charge is -2.25. The monoisotopic (exact) mass is 318 g/mol. The second kappa shape index (κ2) is 5.50. The van der Waals surface area contributed by atoms with E-state index in [9.17, 15) is 8.42 Å². The first-order valence-electron chi connectivity index (χ1n) is 5.68. The van der Waals surface area contributed by atoms with Crippen LogP contribution in [0.15, 0.2) is 33.6 Å². The molecule has 0 saturated heterocycles. The molecule has 0 bridgehead atoms. The van der Waals surface area contributed by atoms with E-state index < -0.39 is 9.84 Å². The van der Waals surface area contributed by atoms with E-state index in [2.05, 4.69) is 15.9 Å². The maximum absolute atomic E-state index is 12.0. The fourth-order valence-corrected chi connectivity index (χ4v) is 3.33. The van der Waals surface area contributed by atoms with E-state index in [-0.39, 0.29) is 11.9 Å². The molecule has 5 heteroatoms. The molecule has 0 atom stereocenters. The number of hydrogen-bond donors (Lipinski definition) is 0. The molecule has 0 aromatic heterocycles. The fourth-order valence-electron chi connectivity index (χ4n) is 1.64. The van der Waals surface area contributed by atoms with Crippen LogP contribution in [-0.4, -0.2) is 26.9 Å². The first kappa shape index (κ1) is 13.1. The molecular weight excluding hydrogens is 304 g/mol. The highest BCUT2D eigenvalue weighted by molar-refractivity contribution is 9.10. The maximum atomic E-state index is 12.0. The lowest BCUT2D eigenvalue weighted by molar-refractivity contribution is 0.0110. The van der Waals surface area contributed by atoms with E-state index in [1.165, 1.54) is 6.42 Å². The van der Waals surface area contributed by atoms with E-state index >= 15 is 0 Å². The predicted molar refractivity (Wildman–Crippen MR) is 69.8 cm³/mol. The largest absolute Gasteiger partial charge is 0.377 e. The Morgan fingerprint density at radius 2 is 2.12 bits per heavy atom. The number of ether oxygens (including phenoxy) is 1. The Labute approximate surface area is 110 Å². The van der Waals surface area contributed by atoms with Crippen molar-refractivity contribution in [2.45, 2.75) is 30.3 Å². The molecule has 0 radical (unpaired) electrons. The minimum absolute atomic E-state index is 0.0555. The quantitative estimate of drug-likeness (QED) is 0.838.